The summed E-state index contributed by atoms with van der Waals surface area (Å²) in [6.07, 6.45) is 3.19. The molecule has 2 amide bonds. The highest BCUT2D eigenvalue weighted by Crippen LogP contribution is 2.20. The molecule has 0 radical (unpaired) electrons. The second-order valence-electron chi connectivity index (χ2n) is 4.58. The van der Waals surface area contributed by atoms with E-state index in [4.69, 9.17) is 4.74 Å². The van der Waals surface area contributed by atoms with Crippen LogP contribution in [0.15, 0.2) is 49.2 Å². The van der Waals surface area contributed by atoms with Gasteiger partial charge < -0.3 is 15.4 Å². The van der Waals surface area contributed by atoms with Crippen molar-refractivity contribution in [1.82, 2.24) is 20.4 Å². The summed E-state index contributed by atoms with van der Waals surface area (Å²) in [5.41, 5.74) is 0.904. The Morgan fingerprint density at radius 3 is 2.74 bits per heavy atom. The molecule has 0 saturated heterocycles. The van der Waals surface area contributed by atoms with E-state index in [1.807, 2.05) is 30.3 Å². The van der Waals surface area contributed by atoms with E-state index in [9.17, 15) is 9.59 Å². The first-order chi connectivity index (χ1) is 11.2. The number of hydrogen-bond donors (Lipinski definition) is 2. The van der Waals surface area contributed by atoms with Gasteiger partial charge in [0.1, 0.15) is 6.61 Å². The minimum absolute atomic E-state index is 0.111. The van der Waals surface area contributed by atoms with Crippen molar-refractivity contribution in [3.05, 3.63) is 54.9 Å². The third-order valence-electron chi connectivity index (χ3n) is 2.96. The van der Waals surface area contributed by atoms with Crippen LogP contribution in [0.2, 0.25) is 0 Å². The Balaban J connectivity index is 2.25. The van der Waals surface area contributed by atoms with Gasteiger partial charge in [0, 0.05) is 7.05 Å². The molecule has 23 heavy (non-hydrogen) atoms. The van der Waals surface area contributed by atoms with Crippen LogP contribution >= 0.6 is 0 Å². The molecule has 2 aromatic rings. The molecule has 7 heteroatoms. The number of ether oxygens (including phenoxy) is 1. The van der Waals surface area contributed by atoms with Crippen LogP contribution < -0.4 is 15.4 Å². The van der Waals surface area contributed by atoms with Gasteiger partial charge in [-0.1, -0.05) is 30.9 Å². The van der Waals surface area contributed by atoms with Crippen LogP contribution in [0.3, 0.4) is 0 Å². The van der Waals surface area contributed by atoms with Gasteiger partial charge >= 0.3 is 0 Å². The fourth-order valence-electron chi connectivity index (χ4n) is 1.82. The Kier molecular flexibility index (Phi) is 5.51. The van der Waals surface area contributed by atoms with E-state index in [2.05, 4.69) is 22.3 Å². The molecule has 7 nitrogen and oxygen atoms in total. The van der Waals surface area contributed by atoms with Crippen molar-refractivity contribution in [2.24, 2.45) is 0 Å². The molecule has 120 valence electrons. The number of hydrogen-bond acceptors (Lipinski definition) is 4. The summed E-state index contributed by atoms with van der Waals surface area (Å²) in [5, 5.41) is 9.18. The Morgan fingerprint density at radius 1 is 1.35 bits per heavy atom. The summed E-state index contributed by atoms with van der Waals surface area (Å²) in [7, 11) is 1.50. The molecule has 0 saturated carbocycles. The van der Waals surface area contributed by atoms with Crippen molar-refractivity contribution in [3.8, 4) is 11.4 Å². The quantitative estimate of drug-likeness (QED) is 0.744. The molecule has 2 rings (SSSR count). The highest BCUT2D eigenvalue weighted by molar-refractivity contribution is 5.97. The summed E-state index contributed by atoms with van der Waals surface area (Å²) in [6, 6.07) is 9.34. The minimum atomic E-state index is -0.484. The van der Waals surface area contributed by atoms with E-state index < -0.39 is 5.91 Å². The predicted octanol–water partition coefficient (Wildman–Crippen LogP) is 0.913. The average molecular weight is 314 g/mol. The molecule has 1 aromatic heterocycles. The van der Waals surface area contributed by atoms with Crippen LogP contribution in [-0.4, -0.2) is 41.8 Å². The number of para-hydroxylation sites is 1. The van der Waals surface area contributed by atoms with Crippen molar-refractivity contribution in [1.29, 1.82) is 0 Å². The second kappa shape index (κ2) is 7.79. The van der Waals surface area contributed by atoms with Gasteiger partial charge in [-0.25, -0.2) is 4.68 Å². The van der Waals surface area contributed by atoms with Gasteiger partial charge in [-0.05, 0) is 12.1 Å². The fourth-order valence-corrected chi connectivity index (χ4v) is 1.82. The first-order valence-electron chi connectivity index (χ1n) is 7.03. The molecule has 0 spiro atoms. The Hall–Kier alpha value is -3.09. The first kappa shape index (κ1) is 16.3. The topological polar surface area (TPSA) is 85.2 Å². The van der Waals surface area contributed by atoms with Gasteiger partial charge in [0.2, 0.25) is 5.91 Å². The van der Waals surface area contributed by atoms with Gasteiger partial charge in [-0.15, -0.1) is 0 Å². The van der Waals surface area contributed by atoms with Crippen LogP contribution in [0.4, 0.5) is 0 Å². The maximum atomic E-state index is 12.2. The maximum Gasteiger partial charge on any atom is 0.276 e. The third-order valence-corrected chi connectivity index (χ3v) is 2.96. The molecule has 0 fully saturated rings. The maximum absolute atomic E-state index is 12.2. The zero-order valence-corrected chi connectivity index (χ0v) is 12.8. The Bertz CT molecular complexity index is 695. The molecule has 0 atom stereocenters. The lowest BCUT2D eigenvalue weighted by Crippen LogP contribution is -2.35. The molecule has 0 aliphatic heterocycles. The van der Waals surface area contributed by atoms with Gasteiger partial charge in [0.25, 0.3) is 5.91 Å². The summed E-state index contributed by atoms with van der Waals surface area (Å²) < 4.78 is 7.03. The number of nitrogens with zero attached hydrogens (tertiary/aromatic N) is 2. The molecule has 0 bridgehead atoms. The van der Waals surface area contributed by atoms with E-state index in [0.29, 0.717) is 5.75 Å². The van der Waals surface area contributed by atoms with Crippen molar-refractivity contribution in [2.45, 2.75) is 0 Å². The van der Waals surface area contributed by atoms with Crippen LogP contribution in [0.25, 0.3) is 5.69 Å². The number of likely N-dealkylation sites (N-methyl/N-ethyl adjacent to an activating group) is 1. The highest BCUT2D eigenvalue weighted by atomic mass is 16.5. The summed E-state index contributed by atoms with van der Waals surface area (Å²) in [6.45, 7) is 3.70. The Morgan fingerprint density at radius 2 is 2.09 bits per heavy atom. The number of benzene rings is 1. The zero-order valence-electron chi connectivity index (χ0n) is 12.8. The van der Waals surface area contributed by atoms with E-state index in [0.717, 1.165) is 5.69 Å². The third kappa shape index (κ3) is 4.19. The van der Waals surface area contributed by atoms with Crippen molar-refractivity contribution in [3.63, 3.8) is 0 Å². The molecule has 0 aliphatic rings. The van der Waals surface area contributed by atoms with Crippen molar-refractivity contribution >= 4 is 11.8 Å². The van der Waals surface area contributed by atoms with Crippen molar-refractivity contribution < 1.29 is 14.3 Å². The number of carbonyl (C=O) groups is 2. The molecule has 0 aliphatic carbocycles. The van der Waals surface area contributed by atoms with Gasteiger partial charge in [0.05, 0.1) is 18.4 Å². The molecule has 1 heterocycles. The normalized spacial score (nSPS) is 9.96. The van der Waals surface area contributed by atoms with Gasteiger partial charge in [0.15, 0.2) is 11.4 Å². The largest absolute Gasteiger partial charge is 0.485 e. The summed E-state index contributed by atoms with van der Waals surface area (Å²) >= 11 is 0. The van der Waals surface area contributed by atoms with E-state index in [1.54, 1.807) is 17.0 Å². The number of aromatic nitrogens is 2. The zero-order chi connectivity index (χ0) is 16.7. The molecular weight excluding hydrogens is 296 g/mol. The SMILES string of the molecule is C=CCOc1cn(-c2ccccc2)nc1C(=O)NCC(=O)NC. The lowest BCUT2D eigenvalue weighted by molar-refractivity contribution is -0.119. The second-order valence-corrected chi connectivity index (χ2v) is 4.58. The lowest BCUT2D eigenvalue weighted by atomic mass is 10.3. The van der Waals surface area contributed by atoms with Crippen LogP contribution in [-0.2, 0) is 4.79 Å². The molecule has 2 N–H and O–H groups in total. The van der Waals surface area contributed by atoms with Gasteiger partial charge in [-0.2, -0.15) is 5.10 Å². The number of carbonyl (C=O) groups excluding carboxylic acids is 2. The molecule has 0 unspecified atom stereocenters. The van der Waals surface area contributed by atoms with Crippen molar-refractivity contribution in [2.75, 3.05) is 20.2 Å². The number of nitrogens with one attached hydrogen (secondary N) is 2. The molecular formula is C16H18N4O3. The summed E-state index contributed by atoms with van der Waals surface area (Å²) in [4.78, 5) is 23.5. The predicted molar refractivity (Wildman–Crippen MR) is 85.7 cm³/mol. The lowest BCUT2D eigenvalue weighted by Gasteiger charge is -2.04. The Labute approximate surface area is 133 Å². The monoisotopic (exact) mass is 314 g/mol. The minimum Gasteiger partial charge on any atom is -0.485 e. The number of rotatable bonds is 7. The average Bonchev–Trinajstić information content (AvgIpc) is 3.02. The van der Waals surface area contributed by atoms with Crippen LogP contribution in [0.5, 0.6) is 5.75 Å². The standard InChI is InChI=1S/C16H18N4O3/c1-3-9-23-13-11-20(12-7-5-4-6-8-12)19-15(13)16(22)18-10-14(21)17-2/h3-8,11H,1,9-10H2,2H3,(H,17,21)(H,18,22). The summed E-state index contributed by atoms with van der Waals surface area (Å²) in [5.74, 6) is -0.458. The number of amides is 2. The van der Waals surface area contributed by atoms with Gasteiger partial charge in [-0.3, -0.25) is 9.59 Å². The molecule has 1 aromatic carbocycles. The van der Waals surface area contributed by atoms with E-state index >= 15 is 0 Å². The van der Waals surface area contributed by atoms with Crippen LogP contribution in [0, 0.1) is 0 Å². The first-order valence-corrected chi connectivity index (χ1v) is 7.03. The fraction of sp³-hybridized carbons (Fsp3) is 0.188. The van der Waals surface area contributed by atoms with Crippen LogP contribution in [0.1, 0.15) is 10.5 Å². The van der Waals surface area contributed by atoms with E-state index in [1.165, 1.54) is 7.05 Å². The smallest absolute Gasteiger partial charge is 0.276 e. The highest BCUT2D eigenvalue weighted by Gasteiger charge is 2.19. The van der Waals surface area contributed by atoms with E-state index in [-0.39, 0.29) is 24.8 Å².